The van der Waals surface area contributed by atoms with Crippen molar-refractivity contribution in [3.05, 3.63) is 64.5 Å². The van der Waals surface area contributed by atoms with Gasteiger partial charge in [0, 0.05) is 11.6 Å². The highest BCUT2D eigenvalue weighted by atomic mass is 19.2. The molecule has 0 N–H and O–H groups in total. The van der Waals surface area contributed by atoms with E-state index in [9.17, 15) is 13.2 Å². The van der Waals surface area contributed by atoms with Gasteiger partial charge in [0.25, 0.3) is 0 Å². The van der Waals surface area contributed by atoms with E-state index in [0.717, 1.165) is 69.3 Å². The van der Waals surface area contributed by atoms with E-state index in [-0.39, 0.29) is 35.9 Å². The molecule has 0 amide bonds. The number of ether oxygens (including phenoxy) is 2. The Labute approximate surface area is 201 Å². The zero-order chi connectivity index (χ0) is 24.1. The first kappa shape index (κ1) is 25.1. The molecule has 186 valence electrons. The minimum absolute atomic E-state index is 0.0199. The van der Waals surface area contributed by atoms with Gasteiger partial charge in [0.2, 0.25) is 0 Å². The summed E-state index contributed by atoms with van der Waals surface area (Å²) in [7, 11) is 0. The molecule has 2 aromatic rings. The first-order chi connectivity index (χ1) is 16.5. The smallest absolute Gasteiger partial charge is 0.164 e. The highest BCUT2D eigenvalue weighted by Crippen LogP contribution is 2.39. The zero-order valence-electron chi connectivity index (χ0n) is 20.4. The van der Waals surface area contributed by atoms with Crippen molar-refractivity contribution in [1.82, 2.24) is 0 Å². The summed E-state index contributed by atoms with van der Waals surface area (Å²) in [5.74, 6) is -0.156. The summed E-state index contributed by atoms with van der Waals surface area (Å²) in [6, 6.07) is 8.56. The third-order valence-corrected chi connectivity index (χ3v) is 7.93. The van der Waals surface area contributed by atoms with Gasteiger partial charge in [0.05, 0.1) is 19.3 Å². The minimum atomic E-state index is -0.764. The number of halogens is 3. The Bertz CT molecular complexity index is 945. The summed E-state index contributed by atoms with van der Waals surface area (Å²) in [6.07, 6.45) is 8.38. The number of benzene rings is 2. The fraction of sp³-hybridized carbons (Fsp3) is 0.586. The summed E-state index contributed by atoms with van der Waals surface area (Å²) in [4.78, 5) is 0. The molecule has 2 nitrogen and oxygen atoms in total. The highest BCUT2D eigenvalue weighted by Gasteiger charge is 2.27. The molecule has 0 heterocycles. The molecule has 2 aromatic carbocycles. The van der Waals surface area contributed by atoms with E-state index in [4.69, 9.17) is 9.47 Å². The molecular weight excluding hydrogens is 437 g/mol. The van der Waals surface area contributed by atoms with Crippen LogP contribution in [0.3, 0.4) is 0 Å². The van der Waals surface area contributed by atoms with Crippen molar-refractivity contribution in [1.29, 1.82) is 0 Å². The van der Waals surface area contributed by atoms with Crippen LogP contribution in [0.1, 0.15) is 100 Å². The molecular formula is C29H37F3O2. The number of hydrogen-bond acceptors (Lipinski definition) is 2. The molecule has 0 aromatic heterocycles. The van der Waals surface area contributed by atoms with E-state index >= 15 is 0 Å². The van der Waals surface area contributed by atoms with Gasteiger partial charge in [-0.05, 0) is 93.2 Å². The Morgan fingerprint density at radius 2 is 1.41 bits per heavy atom. The lowest BCUT2D eigenvalue weighted by Crippen LogP contribution is -2.21. The predicted octanol–water partition coefficient (Wildman–Crippen LogP) is 8.43. The quantitative estimate of drug-likeness (QED) is 0.382. The van der Waals surface area contributed by atoms with Crippen molar-refractivity contribution in [2.45, 2.75) is 96.2 Å². The van der Waals surface area contributed by atoms with Crippen molar-refractivity contribution in [2.75, 3.05) is 6.61 Å². The lowest BCUT2D eigenvalue weighted by atomic mass is 9.77. The topological polar surface area (TPSA) is 18.5 Å². The summed E-state index contributed by atoms with van der Waals surface area (Å²) in [5, 5.41) is 0. The maximum Gasteiger partial charge on any atom is 0.164 e. The Kier molecular flexibility index (Phi) is 8.57. The lowest BCUT2D eigenvalue weighted by Gasteiger charge is -2.30. The SMILES string of the molecule is CCOc1ccc(C2CCC(OCc3ccc(C4CCC(CC)CC4)c(F)c3F)CC2)c(F)c1. The molecule has 2 aliphatic rings. The van der Waals surface area contributed by atoms with Gasteiger partial charge in [0.1, 0.15) is 11.6 Å². The van der Waals surface area contributed by atoms with Gasteiger partial charge in [0.15, 0.2) is 11.6 Å². The van der Waals surface area contributed by atoms with Crippen LogP contribution in [0, 0.1) is 23.4 Å². The molecule has 34 heavy (non-hydrogen) atoms. The molecule has 2 aliphatic carbocycles. The molecule has 0 aliphatic heterocycles. The van der Waals surface area contributed by atoms with Crippen molar-refractivity contribution in [3.8, 4) is 5.75 Å². The van der Waals surface area contributed by atoms with Gasteiger partial charge in [-0.15, -0.1) is 0 Å². The fourth-order valence-corrected chi connectivity index (χ4v) is 5.76. The average molecular weight is 475 g/mol. The van der Waals surface area contributed by atoms with Crippen LogP contribution in [0.2, 0.25) is 0 Å². The van der Waals surface area contributed by atoms with Gasteiger partial charge in [-0.1, -0.05) is 31.5 Å². The van der Waals surface area contributed by atoms with Crippen LogP contribution in [0.25, 0.3) is 0 Å². The summed E-state index contributed by atoms with van der Waals surface area (Å²) in [5.41, 5.74) is 1.52. The van der Waals surface area contributed by atoms with Gasteiger partial charge in [-0.3, -0.25) is 0 Å². The van der Waals surface area contributed by atoms with Crippen molar-refractivity contribution in [3.63, 3.8) is 0 Å². The van der Waals surface area contributed by atoms with Crippen molar-refractivity contribution in [2.24, 2.45) is 5.92 Å². The normalized spacial score (nSPS) is 25.3. The van der Waals surface area contributed by atoms with Crippen molar-refractivity contribution >= 4 is 0 Å². The largest absolute Gasteiger partial charge is 0.494 e. The van der Waals surface area contributed by atoms with Crippen LogP contribution in [-0.4, -0.2) is 12.7 Å². The van der Waals surface area contributed by atoms with E-state index < -0.39 is 11.6 Å². The third kappa shape index (κ3) is 5.79. The van der Waals surface area contributed by atoms with E-state index in [1.54, 1.807) is 12.1 Å². The Hall–Kier alpha value is -2.01. The van der Waals surface area contributed by atoms with Crippen LogP contribution >= 0.6 is 0 Å². The second-order valence-corrected chi connectivity index (χ2v) is 9.97. The molecule has 0 radical (unpaired) electrons. The Morgan fingerprint density at radius 1 is 0.765 bits per heavy atom. The molecule has 5 heteroatoms. The van der Waals surface area contributed by atoms with Crippen LogP contribution in [-0.2, 0) is 11.3 Å². The van der Waals surface area contributed by atoms with Crippen LogP contribution in [0.5, 0.6) is 5.75 Å². The molecule has 4 rings (SSSR count). The van der Waals surface area contributed by atoms with E-state index in [2.05, 4.69) is 6.92 Å². The first-order valence-corrected chi connectivity index (χ1v) is 13.0. The van der Waals surface area contributed by atoms with E-state index in [1.165, 1.54) is 6.07 Å². The average Bonchev–Trinajstić information content (AvgIpc) is 2.86. The number of rotatable bonds is 8. The van der Waals surface area contributed by atoms with E-state index in [1.807, 2.05) is 19.1 Å². The lowest BCUT2D eigenvalue weighted by molar-refractivity contribution is 0.0116. The second-order valence-electron chi connectivity index (χ2n) is 9.97. The number of hydrogen-bond donors (Lipinski definition) is 0. The molecule has 0 atom stereocenters. The molecule has 0 spiro atoms. The third-order valence-electron chi connectivity index (χ3n) is 7.93. The first-order valence-electron chi connectivity index (χ1n) is 13.0. The molecule has 2 saturated carbocycles. The maximum absolute atomic E-state index is 14.9. The predicted molar refractivity (Wildman–Crippen MR) is 129 cm³/mol. The molecule has 2 fully saturated rings. The zero-order valence-corrected chi connectivity index (χ0v) is 20.4. The summed E-state index contributed by atoms with van der Waals surface area (Å²) in [6.45, 7) is 4.65. The van der Waals surface area contributed by atoms with Crippen LogP contribution < -0.4 is 4.74 Å². The maximum atomic E-state index is 14.9. The molecule has 0 unspecified atom stereocenters. The standard InChI is InChI=1S/C29H37F3O2/c1-3-19-5-7-21(8-6-19)26-15-11-22(28(31)29(26)32)18-34-23-12-9-20(10-13-23)25-16-14-24(33-4-2)17-27(25)30/h11,14-17,19-21,23H,3-10,12-13,18H2,1-2H3. The van der Waals surface area contributed by atoms with Crippen LogP contribution in [0.4, 0.5) is 13.2 Å². The molecule has 0 saturated heterocycles. The van der Waals surface area contributed by atoms with Crippen molar-refractivity contribution < 1.29 is 22.6 Å². The minimum Gasteiger partial charge on any atom is -0.494 e. The second kappa shape index (κ2) is 11.6. The van der Waals surface area contributed by atoms with Crippen LogP contribution in [0.15, 0.2) is 30.3 Å². The van der Waals surface area contributed by atoms with Gasteiger partial charge in [-0.2, -0.15) is 0 Å². The fourth-order valence-electron chi connectivity index (χ4n) is 5.76. The Balaban J connectivity index is 1.30. The summed E-state index contributed by atoms with van der Waals surface area (Å²) < 4.78 is 55.6. The van der Waals surface area contributed by atoms with Gasteiger partial charge < -0.3 is 9.47 Å². The van der Waals surface area contributed by atoms with E-state index in [0.29, 0.717) is 17.9 Å². The highest BCUT2D eigenvalue weighted by molar-refractivity contribution is 5.32. The van der Waals surface area contributed by atoms with Gasteiger partial charge >= 0.3 is 0 Å². The summed E-state index contributed by atoms with van der Waals surface area (Å²) >= 11 is 0. The monoisotopic (exact) mass is 474 g/mol. The Morgan fingerprint density at radius 3 is 2.06 bits per heavy atom. The van der Waals surface area contributed by atoms with Gasteiger partial charge in [-0.25, -0.2) is 13.2 Å². The molecule has 0 bridgehead atoms.